The van der Waals surface area contributed by atoms with Gasteiger partial charge in [-0.2, -0.15) is 5.10 Å². The largest absolute Gasteiger partial charge is 0.304 e. The molecule has 0 radical (unpaired) electrons. The molecule has 0 aromatic carbocycles. The highest BCUT2D eigenvalue weighted by molar-refractivity contribution is 4.86. The molecule has 0 saturated carbocycles. The fraction of sp³-hybridized carbons (Fsp3) is 0.500. The minimum absolute atomic E-state index is 0.292. The van der Waals surface area contributed by atoms with E-state index in [-0.39, 0.29) is 0 Å². The van der Waals surface area contributed by atoms with Crippen molar-refractivity contribution >= 4 is 0 Å². The molecular formula is C8H12N4. The van der Waals surface area contributed by atoms with Gasteiger partial charge in [0.15, 0.2) is 0 Å². The second-order valence-electron chi connectivity index (χ2n) is 2.56. The third-order valence-corrected chi connectivity index (χ3v) is 1.56. The molecule has 1 rings (SSSR count). The van der Waals surface area contributed by atoms with E-state index in [4.69, 9.17) is 6.42 Å². The first-order valence-corrected chi connectivity index (χ1v) is 3.83. The lowest BCUT2D eigenvalue weighted by Gasteiger charge is -2.10. The van der Waals surface area contributed by atoms with Crippen LogP contribution in [-0.4, -0.2) is 27.9 Å². The summed E-state index contributed by atoms with van der Waals surface area (Å²) in [5.74, 6) is 2.51. The van der Waals surface area contributed by atoms with Gasteiger partial charge in [0.1, 0.15) is 12.7 Å². The molecule has 0 aliphatic rings. The van der Waals surface area contributed by atoms with Gasteiger partial charge in [0.05, 0.1) is 12.6 Å². The van der Waals surface area contributed by atoms with Gasteiger partial charge in [0.2, 0.25) is 0 Å². The van der Waals surface area contributed by atoms with Gasteiger partial charge in [-0.25, -0.2) is 9.67 Å². The Hall–Kier alpha value is -1.34. The molecule has 1 N–H and O–H groups in total. The Balaban J connectivity index is 2.30. The van der Waals surface area contributed by atoms with E-state index in [1.807, 2.05) is 0 Å². The molecule has 0 bridgehead atoms. The maximum Gasteiger partial charge on any atom is 0.137 e. The predicted molar refractivity (Wildman–Crippen MR) is 46.4 cm³/mol. The van der Waals surface area contributed by atoms with Crippen molar-refractivity contribution < 1.29 is 0 Å². The van der Waals surface area contributed by atoms with Crippen molar-refractivity contribution in [1.82, 2.24) is 20.1 Å². The molecule has 0 fully saturated rings. The van der Waals surface area contributed by atoms with E-state index in [0.717, 1.165) is 6.54 Å². The Kier molecular flexibility index (Phi) is 3.30. The van der Waals surface area contributed by atoms with E-state index in [2.05, 4.69) is 28.2 Å². The number of hydrogen-bond acceptors (Lipinski definition) is 3. The maximum atomic E-state index is 5.09. The first-order chi connectivity index (χ1) is 5.84. The molecule has 0 saturated heterocycles. The number of nitrogens with zero attached hydrogens (tertiary/aromatic N) is 3. The third kappa shape index (κ3) is 2.36. The normalized spacial score (nSPS) is 12.3. The van der Waals surface area contributed by atoms with Crippen molar-refractivity contribution in [2.75, 3.05) is 13.1 Å². The molecule has 0 spiro atoms. The summed E-state index contributed by atoms with van der Waals surface area (Å²) in [6.45, 7) is 3.46. The van der Waals surface area contributed by atoms with Crippen LogP contribution in [-0.2, 0) is 0 Å². The van der Waals surface area contributed by atoms with Crippen molar-refractivity contribution in [3.8, 4) is 12.3 Å². The molecule has 1 atom stereocenters. The summed E-state index contributed by atoms with van der Waals surface area (Å²) in [4.78, 5) is 3.86. The summed E-state index contributed by atoms with van der Waals surface area (Å²) in [6.07, 6.45) is 8.31. The zero-order valence-corrected chi connectivity index (χ0v) is 7.07. The summed E-state index contributed by atoms with van der Waals surface area (Å²) >= 11 is 0. The number of aromatic nitrogens is 3. The molecule has 1 aromatic heterocycles. The second kappa shape index (κ2) is 4.52. The summed E-state index contributed by atoms with van der Waals surface area (Å²) in [5.41, 5.74) is 0. The molecular weight excluding hydrogens is 152 g/mol. The molecule has 4 heteroatoms. The fourth-order valence-electron chi connectivity index (χ4n) is 0.892. The van der Waals surface area contributed by atoms with Crippen LogP contribution in [0.25, 0.3) is 0 Å². The predicted octanol–water partition coefficient (Wildman–Crippen LogP) is 0.0619. The highest BCUT2D eigenvalue weighted by Gasteiger charge is 2.02. The Morgan fingerprint density at radius 3 is 3.17 bits per heavy atom. The zero-order chi connectivity index (χ0) is 8.81. The number of terminal acetylenes is 1. The van der Waals surface area contributed by atoms with Crippen molar-refractivity contribution in [3.05, 3.63) is 12.7 Å². The number of rotatable bonds is 4. The molecule has 1 aromatic rings. The van der Waals surface area contributed by atoms with Gasteiger partial charge in [0, 0.05) is 6.54 Å². The minimum atomic E-state index is 0.292. The Bertz CT molecular complexity index is 247. The van der Waals surface area contributed by atoms with Crippen LogP contribution >= 0.6 is 0 Å². The average molecular weight is 164 g/mol. The van der Waals surface area contributed by atoms with Crippen LogP contribution in [0.4, 0.5) is 0 Å². The van der Waals surface area contributed by atoms with Crippen molar-refractivity contribution in [2.24, 2.45) is 0 Å². The van der Waals surface area contributed by atoms with E-state index in [1.165, 1.54) is 6.33 Å². The lowest BCUT2D eigenvalue weighted by Crippen LogP contribution is -2.24. The van der Waals surface area contributed by atoms with E-state index in [1.54, 1.807) is 11.0 Å². The summed E-state index contributed by atoms with van der Waals surface area (Å²) in [7, 11) is 0. The molecule has 0 amide bonds. The minimum Gasteiger partial charge on any atom is -0.304 e. The maximum absolute atomic E-state index is 5.09. The summed E-state index contributed by atoms with van der Waals surface area (Å²) < 4.78 is 1.80. The topological polar surface area (TPSA) is 42.7 Å². The number of hydrogen-bond donors (Lipinski definition) is 1. The quantitative estimate of drug-likeness (QED) is 0.505. The van der Waals surface area contributed by atoms with Gasteiger partial charge < -0.3 is 5.32 Å². The SMILES string of the molecule is C#CCNCC(C)n1cncn1. The van der Waals surface area contributed by atoms with Crippen LogP contribution in [0.3, 0.4) is 0 Å². The second-order valence-corrected chi connectivity index (χ2v) is 2.56. The lowest BCUT2D eigenvalue weighted by molar-refractivity contribution is 0.464. The van der Waals surface area contributed by atoms with Crippen LogP contribution in [0.15, 0.2) is 12.7 Å². The Morgan fingerprint density at radius 2 is 2.58 bits per heavy atom. The van der Waals surface area contributed by atoms with E-state index in [0.29, 0.717) is 12.6 Å². The smallest absolute Gasteiger partial charge is 0.137 e. The van der Waals surface area contributed by atoms with Crippen LogP contribution in [0, 0.1) is 12.3 Å². The van der Waals surface area contributed by atoms with Gasteiger partial charge in [-0.05, 0) is 6.92 Å². The van der Waals surface area contributed by atoms with Gasteiger partial charge >= 0.3 is 0 Å². The first-order valence-electron chi connectivity index (χ1n) is 3.83. The Labute approximate surface area is 72.0 Å². The molecule has 0 aliphatic carbocycles. The fourth-order valence-corrected chi connectivity index (χ4v) is 0.892. The molecule has 0 aliphatic heterocycles. The van der Waals surface area contributed by atoms with Gasteiger partial charge in [-0.1, -0.05) is 5.92 Å². The van der Waals surface area contributed by atoms with E-state index in [9.17, 15) is 0 Å². The van der Waals surface area contributed by atoms with Crippen molar-refractivity contribution in [2.45, 2.75) is 13.0 Å². The molecule has 64 valence electrons. The molecule has 1 heterocycles. The zero-order valence-electron chi connectivity index (χ0n) is 7.07. The summed E-state index contributed by atoms with van der Waals surface area (Å²) in [5, 5.41) is 7.11. The van der Waals surface area contributed by atoms with Crippen molar-refractivity contribution in [3.63, 3.8) is 0 Å². The van der Waals surface area contributed by atoms with Gasteiger partial charge in [-0.15, -0.1) is 6.42 Å². The first kappa shape index (κ1) is 8.75. The van der Waals surface area contributed by atoms with Crippen LogP contribution in [0.2, 0.25) is 0 Å². The van der Waals surface area contributed by atoms with Crippen LogP contribution in [0.5, 0.6) is 0 Å². The standard InChI is InChI=1S/C8H12N4/c1-3-4-9-5-8(2)12-7-10-6-11-12/h1,6-9H,4-5H2,2H3. The van der Waals surface area contributed by atoms with Crippen LogP contribution < -0.4 is 5.32 Å². The lowest BCUT2D eigenvalue weighted by atomic mass is 10.3. The molecule has 12 heavy (non-hydrogen) atoms. The third-order valence-electron chi connectivity index (χ3n) is 1.56. The molecule has 1 unspecified atom stereocenters. The van der Waals surface area contributed by atoms with Crippen molar-refractivity contribution in [1.29, 1.82) is 0 Å². The van der Waals surface area contributed by atoms with E-state index >= 15 is 0 Å². The monoisotopic (exact) mass is 164 g/mol. The average Bonchev–Trinajstić information content (AvgIpc) is 2.56. The number of nitrogens with one attached hydrogen (secondary N) is 1. The Morgan fingerprint density at radius 1 is 1.75 bits per heavy atom. The molecule has 4 nitrogen and oxygen atoms in total. The highest BCUT2D eigenvalue weighted by atomic mass is 15.3. The van der Waals surface area contributed by atoms with Gasteiger partial charge in [0.25, 0.3) is 0 Å². The van der Waals surface area contributed by atoms with E-state index < -0.39 is 0 Å². The van der Waals surface area contributed by atoms with Crippen LogP contribution in [0.1, 0.15) is 13.0 Å². The summed E-state index contributed by atoms with van der Waals surface area (Å²) in [6, 6.07) is 0.292. The highest BCUT2D eigenvalue weighted by Crippen LogP contribution is 1.98. The van der Waals surface area contributed by atoms with Gasteiger partial charge in [-0.3, -0.25) is 0 Å².